The van der Waals surface area contributed by atoms with Gasteiger partial charge in [0, 0.05) is 0 Å². The van der Waals surface area contributed by atoms with Crippen molar-refractivity contribution in [1.29, 1.82) is 0 Å². The number of carbonyl (C=O) groups is 2. The Morgan fingerprint density at radius 1 is 0.576 bits per heavy atom. The number of benzene rings is 4. The Morgan fingerprint density at radius 3 is 1.17 bits per heavy atom. The summed E-state index contributed by atoms with van der Waals surface area (Å²) in [6, 6.07) is 19.8. The number of rotatable bonds is 11. The molecule has 0 spiro atoms. The second-order valence-electron chi connectivity index (χ2n) is 15.7. The third kappa shape index (κ3) is 14.9. The van der Waals surface area contributed by atoms with E-state index >= 15 is 0 Å². The third-order valence-electron chi connectivity index (χ3n) is 9.55. The van der Waals surface area contributed by atoms with Crippen molar-refractivity contribution >= 4 is 35.1 Å². The summed E-state index contributed by atoms with van der Waals surface area (Å²) in [4.78, 5) is 31.0. The van der Waals surface area contributed by atoms with Crippen LogP contribution < -0.4 is 19.7 Å². The molecule has 4 aromatic rings. The van der Waals surface area contributed by atoms with Gasteiger partial charge in [-0.1, -0.05) is 129 Å². The first-order valence-electron chi connectivity index (χ1n) is 19.9. The monoisotopic (exact) mass is 852 g/mol. The van der Waals surface area contributed by atoms with E-state index in [4.69, 9.17) is 9.98 Å². The molecule has 4 aromatic carbocycles. The Morgan fingerprint density at radius 2 is 0.881 bits per heavy atom. The fraction of sp³-hybridized carbons (Fsp3) is 0.417. The van der Waals surface area contributed by atoms with Crippen LogP contribution in [0.5, 0.6) is 23.0 Å². The van der Waals surface area contributed by atoms with E-state index in [1.165, 1.54) is 22.3 Å². The van der Waals surface area contributed by atoms with Crippen LogP contribution in [0.2, 0.25) is 0 Å². The summed E-state index contributed by atoms with van der Waals surface area (Å²) < 4.78 is 9.17. The van der Waals surface area contributed by atoms with Crippen LogP contribution in [-0.2, 0) is 16.5 Å². The van der Waals surface area contributed by atoms with Crippen LogP contribution in [0.25, 0.3) is 0 Å². The van der Waals surface area contributed by atoms with E-state index in [0.717, 1.165) is 35.6 Å². The summed E-state index contributed by atoms with van der Waals surface area (Å²) in [5.74, 6) is 0.0248. The molecule has 0 atom stereocenters. The van der Waals surface area contributed by atoms with Crippen molar-refractivity contribution in [3.05, 3.63) is 105 Å². The summed E-state index contributed by atoms with van der Waals surface area (Å²) in [6.07, 6.45) is -1.33. The molecule has 11 heteroatoms. The van der Waals surface area contributed by atoms with Gasteiger partial charge in [-0.3, -0.25) is 9.98 Å². The Bertz CT molecular complexity index is 1980. The smallest absolute Gasteiger partial charge is 0.510 e. The fourth-order valence-corrected chi connectivity index (χ4v) is 6.31. The van der Waals surface area contributed by atoms with E-state index in [1.807, 2.05) is 55.4 Å². The molecule has 0 aliphatic carbocycles. The summed E-state index contributed by atoms with van der Waals surface area (Å²) in [7, 11) is 0. The molecule has 0 heterocycles. The minimum absolute atomic E-state index is 0. The van der Waals surface area contributed by atoms with Gasteiger partial charge < -0.3 is 39.5 Å². The number of phenols is 2. The second-order valence-corrected chi connectivity index (χ2v) is 15.7. The molecule has 0 unspecified atom stereocenters. The van der Waals surface area contributed by atoms with Gasteiger partial charge >= 0.3 is 16.5 Å². The first-order chi connectivity index (χ1) is 27.1. The van der Waals surface area contributed by atoms with Gasteiger partial charge in [0.15, 0.2) is 0 Å². The molecule has 59 heavy (non-hydrogen) atoms. The van der Waals surface area contributed by atoms with E-state index in [9.17, 15) is 30.0 Å². The van der Waals surface area contributed by atoms with Gasteiger partial charge in [0.1, 0.15) is 11.5 Å². The molecule has 0 saturated heterocycles. The number of aliphatic imine (C=N–C) groups is 2. The van der Waals surface area contributed by atoms with E-state index < -0.39 is 12.3 Å². The van der Waals surface area contributed by atoms with Crippen molar-refractivity contribution in [2.24, 2.45) is 9.98 Å². The second kappa shape index (κ2) is 24.1. The van der Waals surface area contributed by atoms with Gasteiger partial charge in [0.05, 0.1) is 34.3 Å². The minimum Gasteiger partial charge on any atom is -0.510 e. The van der Waals surface area contributed by atoms with Gasteiger partial charge in [-0.05, 0) is 109 Å². The SMILES string of the molecule is CC(C)c1ccc(C(C)C)c(OC(=O)[O-])c1O.CC(C)c1ccc(C(C)C)c(OC(=O)[O-])c1O.CCCC(=Nc1c(C)cccc1C)C(C)=Nc1c(C)cccc1C.[Ni+2]. The maximum absolute atomic E-state index is 10.5. The van der Waals surface area contributed by atoms with Crippen LogP contribution in [0.4, 0.5) is 21.0 Å². The average Bonchev–Trinajstić information content (AvgIpc) is 3.12. The number of phenolic OH excluding ortho intramolecular Hbond substituents is 2. The van der Waals surface area contributed by atoms with Gasteiger partial charge in [-0.25, -0.2) is 0 Å². The molecule has 0 bridgehead atoms. The van der Waals surface area contributed by atoms with Crippen molar-refractivity contribution < 1.29 is 56.0 Å². The fourth-order valence-electron chi connectivity index (χ4n) is 6.31. The molecule has 322 valence electrons. The van der Waals surface area contributed by atoms with Crippen molar-refractivity contribution in [1.82, 2.24) is 0 Å². The standard InChI is InChI=1S/C22H28N2.2C13H18O4.Ni/c1-7-10-20(24-22-17(4)13-9-14-18(22)5)19(6)23-21-15(2)11-8-12-16(21)3;2*1-7(2)9-5-6-10(8(3)4)12(11(9)14)17-13(15)16;/h8-9,11-14H,7,10H2,1-6H3;2*5-8,14H,1-4H3,(H,15,16);/q;;;+2/p-2. The van der Waals surface area contributed by atoms with Gasteiger partial charge in [0.25, 0.3) is 12.3 Å². The van der Waals surface area contributed by atoms with Crippen molar-refractivity contribution in [3.63, 3.8) is 0 Å². The minimum atomic E-state index is -1.66. The van der Waals surface area contributed by atoms with Crippen LogP contribution >= 0.6 is 0 Å². The Balaban J connectivity index is 0.000000450. The quantitative estimate of drug-likeness (QED) is 0.0651. The van der Waals surface area contributed by atoms with Crippen LogP contribution in [0, 0.1) is 27.7 Å². The zero-order valence-electron chi connectivity index (χ0n) is 37.1. The first kappa shape index (κ1) is 51.9. The molecular weight excluding hydrogens is 791 g/mol. The van der Waals surface area contributed by atoms with E-state index in [1.54, 1.807) is 24.3 Å². The van der Waals surface area contributed by atoms with Crippen molar-refractivity contribution in [2.45, 2.75) is 133 Å². The predicted molar refractivity (Wildman–Crippen MR) is 231 cm³/mol. The van der Waals surface area contributed by atoms with Crippen LogP contribution in [0.3, 0.4) is 0 Å². The molecule has 0 aliphatic rings. The van der Waals surface area contributed by atoms with Gasteiger partial charge in [-0.2, -0.15) is 0 Å². The molecule has 0 aromatic heterocycles. The normalized spacial score (nSPS) is 11.4. The van der Waals surface area contributed by atoms with E-state index in [0.29, 0.717) is 22.3 Å². The maximum Gasteiger partial charge on any atom is 2.00 e. The molecular formula is C48H62N2NiO8. The summed E-state index contributed by atoms with van der Waals surface area (Å²) in [5, 5.41) is 41.1. The van der Waals surface area contributed by atoms with Crippen molar-refractivity contribution in [3.8, 4) is 23.0 Å². The van der Waals surface area contributed by atoms with Crippen molar-refractivity contribution in [2.75, 3.05) is 0 Å². The molecule has 10 nitrogen and oxygen atoms in total. The molecule has 0 radical (unpaired) electrons. The number of para-hydroxylation sites is 2. The number of aromatic hydroxyl groups is 2. The summed E-state index contributed by atoms with van der Waals surface area (Å²) in [5.41, 5.74) is 11.7. The Labute approximate surface area is 361 Å². The first-order valence-corrected chi connectivity index (χ1v) is 19.9. The van der Waals surface area contributed by atoms with Crippen LogP contribution in [-0.4, -0.2) is 33.9 Å². The third-order valence-corrected chi connectivity index (χ3v) is 9.55. The molecule has 0 fully saturated rings. The number of aryl methyl sites for hydroxylation is 4. The van der Waals surface area contributed by atoms with Crippen LogP contribution in [0.1, 0.15) is 150 Å². The summed E-state index contributed by atoms with van der Waals surface area (Å²) in [6.45, 7) is 27.9. The number of ether oxygens (including phenoxy) is 2. The molecule has 0 saturated carbocycles. The Kier molecular flexibility index (Phi) is 21.2. The molecule has 0 aliphatic heterocycles. The predicted octanol–water partition coefficient (Wildman–Crippen LogP) is 11.3. The summed E-state index contributed by atoms with van der Waals surface area (Å²) >= 11 is 0. The molecule has 2 N–H and O–H groups in total. The van der Waals surface area contributed by atoms with E-state index in [2.05, 4.69) is 87.4 Å². The number of hydrogen-bond acceptors (Lipinski definition) is 10. The zero-order chi connectivity index (χ0) is 44.0. The van der Waals surface area contributed by atoms with Gasteiger partial charge in [0.2, 0.25) is 0 Å². The zero-order valence-corrected chi connectivity index (χ0v) is 38.0. The number of nitrogens with zero attached hydrogens (tertiary/aromatic N) is 2. The van der Waals surface area contributed by atoms with Gasteiger partial charge in [-0.15, -0.1) is 0 Å². The average molecular weight is 854 g/mol. The number of carbonyl (C=O) groups excluding carboxylic acids is 2. The molecule has 0 amide bonds. The van der Waals surface area contributed by atoms with Crippen LogP contribution in [0.15, 0.2) is 70.6 Å². The topological polar surface area (TPSA) is 164 Å². The number of hydrogen-bond donors (Lipinski definition) is 2. The maximum atomic E-state index is 10.5. The number of carboxylic acid groups (broad SMARTS) is 2. The molecule has 4 rings (SSSR count). The Hall–Kier alpha value is -5.15. The van der Waals surface area contributed by atoms with E-state index in [-0.39, 0.29) is 63.2 Å². The largest absolute Gasteiger partial charge is 2.00 e.